The van der Waals surface area contributed by atoms with Crippen LogP contribution in [0.3, 0.4) is 0 Å². The molecule has 2 aromatic rings. The van der Waals surface area contributed by atoms with E-state index >= 15 is 0 Å². The molecule has 0 bridgehead atoms. The van der Waals surface area contributed by atoms with Crippen molar-refractivity contribution in [3.05, 3.63) is 48.2 Å². The first-order valence-corrected chi connectivity index (χ1v) is 8.03. The van der Waals surface area contributed by atoms with E-state index in [1.165, 1.54) is 6.33 Å². The van der Waals surface area contributed by atoms with Gasteiger partial charge in [0.1, 0.15) is 17.8 Å². The number of aromatic nitrogens is 3. The first-order valence-electron chi connectivity index (χ1n) is 8.03. The van der Waals surface area contributed by atoms with Gasteiger partial charge in [0.05, 0.1) is 13.2 Å². The molecule has 126 valence electrons. The average molecular weight is 327 g/mol. The predicted octanol–water partition coefficient (Wildman–Crippen LogP) is 1.02. The summed E-state index contributed by atoms with van der Waals surface area (Å²) in [6.45, 7) is 3.54. The number of amides is 1. The Morgan fingerprint density at radius 3 is 2.75 bits per heavy atom. The van der Waals surface area contributed by atoms with Gasteiger partial charge < -0.3 is 14.5 Å². The molecule has 24 heavy (non-hydrogen) atoms. The van der Waals surface area contributed by atoms with E-state index in [4.69, 9.17) is 4.74 Å². The molecule has 0 N–H and O–H groups in total. The summed E-state index contributed by atoms with van der Waals surface area (Å²) < 4.78 is 5.35. The summed E-state index contributed by atoms with van der Waals surface area (Å²) in [4.78, 5) is 28.8. The maximum Gasteiger partial charge on any atom is 0.272 e. The van der Waals surface area contributed by atoms with E-state index in [2.05, 4.69) is 19.9 Å². The molecule has 0 spiro atoms. The molecule has 1 saturated heterocycles. The molecular weight excluding hydrogens is 306 g/mol. The maximum absolute atomic E-state index is 12.6. The zero-order valence-corrected chi connectivity index (χ0v) is 13.8. The molecule has 1 aliphatic heterocycles. The highest BCUT2D eigenvalue weighted by Crippen LogP contribution is 2.14. The smallest absolute Gasteiger partial charge is 0.272 e. The Bertz CT molecular complexity index is 674. The highest BCUT2D eigenvalue weighted by molar-refractivity contribution is 5.92. The molecule has 0 radical (unpaired) electrons. The van der Waals surface area contributed by atoms with E-state index in [9.17, 15) is 4.79 Å². The SMILES string of the molecule is CN(CCc1ccncc1)C(=O)c1cc(N2CCOCC2)ncn1. The van der Waals surface area contributed by atoms with Gasteiger partial charge in [-0.3, -0.25) is 9.78 Å². The van der Waals surface area contributed by atoms with Crippen molar-refractivity contribution >= 4 is 11.7 Å². The minimum atomic E-state index is -0.0963. The van der Waals surface area contributed by atoms with Gasteiger partial charge in [-0.25, -0.2) is 9.97 Å². The molecule has 1 fully saturated rings. The average Bonchev–Trinajstić information content (AvgIpc) is 2.67. The van der Waals surface area contributed by atoms with Crippen LogP contribution in [0.2, 0.25) is 0 Å². The minimum Gasteiger partial charge on any atom is -0.378 e. The lowest BCUT2D eigenvalue weighted by molar-refractivity contribution is 0.0790. The van der Waals surface area contributed by atoms with Gasteiger partial charge in [-0.1, -0.05) is 0 Å². The lowest BCUT2D eigenvalue weighted by Crippen LogP contribution is -2.37. The Balaban J connectivity index is 1.63. The minimum absolute atomic E-state index is 0.0963. The Morgan fingerprint density at radius 1 is 1.25 bits per heavy atom. The van der Waals surface area contributed by atoms with Gasteiger partial charge in [0.2, 0.25) is 0 Å². The van der Waals surface area contributed by atoms with Crippen LogP contribution in [0, 0.1) is 0 Å². The second-order valence-corrected chi connectivity index (χ2v) is 5.69. The summed E-state index contributed by atoms with van der Waals surface area (Å²) in [5, 5.41) is 0. The van der Waals surface area contributed by atoms with Crippen molar-refractivity contribution in [2.24, 2.45) is 0 Å². The number of ether oxygens (including phenoxy) is 1. The summed E-state index contributed by atoms with van der Waals surface area (Å²) in [7, 11) is 1.79. The third kappa shape index (κ3) is 4.05. The van der Waals surface area contributed by atoms with Crippen LogP contribution in [0.5, 0.6) is 0 Å². The predicted molar refractivity (Wildman–Crippen MR) is 90.0 cm³/mol. The maximum atomic E-state index is 12.6. The van der Waals surface area contributed by atoms with E-state index in [1.807, 2.05) is 12.1 Å². The number of morpholine rings is 1. The summed E-state index contributed by atoms with van der Waals surface area (Å²) in [6.07, 6.45) is 5.76. The molecule has 0 aliphatic carbocycles. The van der Waals surface area contributed by atoms with E-state index in [1.54, 1.807) is 30.4 Å². The van der Waals surface area contributed by atoms with Crippen molar-refractivity contribution < 1.29 is 9.53 Å². The number of anilines is 1. The normalized spacial score (nSPS) is 14.5. The van der Waals surface area contributed by atoms with Gasteiger partial charge >= 0.3 is 0 Å². The van der Waals surface area contributed by atoms with Crippen molar-refractivity contribution in [3.8, 4) is 0 Å². The van der Waals surface area contributed by atoms with Crippen molar-refractivity contribution in [2.45, 2.75) is 6.42 Å². The monoisotopic (exact) mass is 327 g/mol. The quantitative estimate of drug-likeness (QED) is 0.817. The van der Waals surface area contributed by atoms with Gasteiger partial charge in [0, 0.05) is 45.1 Å². The molecule has 0 atom stereocenters. The summed E-state index contributed by atoms with van der Waals surface area (Å²) in [5.41, 5.74) is 1.57. The van der Waals surface area contributed by atoms with Crippen LogP contribution in [0.25, 0.3) is 0 Å². The molecule has 2 aromatic heterocycles. The lowest BCUT2D eigenvalue weighted by Gasteiger charge is -2.27. The molecule has 0 unspecified atom stereocenters. The molecule has 0 saturated carbocycles. The number of nitrogens with zero attached hydrogens (tertiary/aromatic N) is 5. The Hall–Kier alpha value is -2.54. The van der Waals surface area contributed by atoms with E-state index in [0.29, 0.717) is 25.5 Å². The second-order valence-electron chi connectivity index (χ2n) is 5.69. The van der Waals surface area contributed by atoms with E-state index < -0.39 is 0 Å². The number of hydrogen-bond acceptors (Lipinski definition) is 6. The Labute approximate surface area is 141 Å². The Kier molecular flexibility index (Phi) is 5.32. The van der Waals surface area contributed by atoms with Gasteiger partial charge in [0.25, 0.3) is 5.91 Å². The van der Waals surface area contributed by atoms with Crippen molar-refractivity contribution in [1.82, 2.24) is 19.9 Å². The number of carbonyl (C=O) groups is 1. The van der Waals surface area contributed by atoms with Crippen molar-refractivity contribution in [2.75, 3.05) is 44.8 Å². The topological polar surface area (TPSA) is 71.5 Å². The van der Waals surface area contributed by atoms with Crippen LogP contribution in [0.4, 0.5) is 5.82 Å². The van der Waals surface area contributed by atoms with Crippen LogP contribution < -0.4 is 4.90 Å². The van der Waals surface area contributed by atoms with Crippen LogP contribution in [-0.2, 0) is 11.2 Å². The molecule has 3 heterocycles. The fraction of sp³-hybridized carbons (Fsp3) is 0.412. The van der Waals surface area contributed by atoms with Gasteiger partial charge in [-0.2, -0.15) is 0 Å². The molecule has 3 rings (SSSR count). The highest BCUT2D eigenvalue weighted by atomic mass is 16.5. The zero-order chi connectivity index (χ0) is 16.8. The number of pyridine rings is 1. The second kappa shape index (κ2) is 7.83. The van der Waals surface area contributed by atoms with Crippen LogP contribution >= 0.6 is 0 Å². The molecule has 1 amide bonds. The number of rotatable bonds is 5. The van der Waals surface area contributed by atoms with Gasteiger partial charge in [-0.05, 0) is 24.1 Å². The lowest BCUT2D eigenvalue weighted by atomic mass is 10.2. The van der Waals surface area contributed by atoms with E-state index in [0.717, 1.165) is 30.9 Å². The molecule has 1 aliphatic rings. The number of likely N-dealkylation sites (N-methyl/N-ethyl adjacent to an activating group) is 1. The first-order chi connectivity index (χ1) is 11.7. The fourth-order valence-electron chi connectivity index (χ4n) is 2.57. The number of carbonyl (C=O) groups excluding carboxylic acids is 1. The molecule has 0 aromatic carbocycles. The molecule has 7 nitrogen and oxygen atoms in total. The number of hydrogen-bond donors (Lipinski definition) is 0. The van der Waals surface area contributed by atoms with E-state index in [-0.39, 0.29) is 5.91 Å². The van der Waals surface area contributed by atoms with Crippen LogP contribution in [0.1, 0.15) is 16.1 Å². The first kappa shape index (κ1) is 16.3. The summed E-state index contributed by atoms with van der Waals surface area (Å²) >= 11 is 0. The standard InChI is InChI=1S/C17H21N5O2/c1-21(7-4-14-2-5-18-6-3-14)17(23)15-12-16(20-13-19-15)22-8-10-24-11-9-22/h2-3,5-6,12-13H,4,7-11H2,1H3. The van der Waals surface area contributed by atoms with Gasteiger partial charge in [0.15, 0.2) is 0 Å². The summed E-state index contributed by atoms with van der Waals surface area (Å²) in [5.74, 6) is 0.681. The van der Waals surface area contributed by atoms with Crippen LogP contribution in [-0.4, -0.2) is 65.7 Å². The third-order valence-electron chi connectivity index (χ3n) is 4.04. The van der Waals surface area contributed by atoms with Crippen LogP contribution in [0.15, 0.2) is 36.9 Å². The Morgan fingerprint density at radius 2 is 2.00 bits per heavy atom. The molecule has 7 heteroatoms. The van der Waals surface area contributed by atoms with Crippen molar-refractivity contribution in [1.29, 1.82) is 0 Å². The summed E-state index contributed by atoms with van der Waals surface area (Å²) in [6, 6.07) is 5.68. The highest BCUT2D eigenvalue weighted by Gasteiger charge is 2.17. The van der Waals surface area contributed by atoms with Crippen molar-refractivity contribution in [3.63, 3.8) is 0 Å². The van der Waals surface area contributed by atoms with Gasteiger partial charge in [-0.15, -0.1) is 0 Å². The fourth-order valence-corrected chi connectivity index (χ4v) is 2.57. The largest absolute Gasteiger partial charge is 0.378 e. The molecular formula is C17H21N5O2. The zero-order valence-electron chi connectivity index (χ0n) is 13.8. The third-order valence-corrected chi connectivity index (χ3v) is 4.04.